The second kappa shape index (κ2) is 6.70. The first kappa shape index (κ1) is 17.0. The lowest BCUT2D eigenvalue weighted by atomic mass is 9.68. The summed E-state index contributed by atoms with van der Waals surface area (Å²) in [5.74, 6) is 4.56. The standard InChI is InChI=1S/C23H32N2/c1-5-6-18-12-19-13-20(18)22-21(19)15(4)24-25-23(22)17-9-7-16(8-10-17)11-14(2)3/h7-10,14,18-22H,5-6,11-13H2,1-4H3. The zero-order chi connectivity index (χ0) is 17.6. The first-order valence-corrected chi connectivity index (χ1v) is 10.3. The summed E-state index contributed by atoms with van der Waals surface area (Å²) in [5, 5.41) is 9.33. The number of fused-ring (bicyclic) bond motifs is 5. The van der Waals surface area contributed by atoms with Gasteiger partial charge in [0.1, 0.15) is 0 Å². The Morgan fingerprint density at radius 2 is 1.80 bits per heavy atom. The first-order valence-electron chi connectivity index (χ1n) is 10.3. The van der Waals surface area contributed by atoms with Gasteiger partial charge in [-0.05, 0) is 61.0 Å². The highest BCUT2D eigenvalue weighted by Crippen LogP contribution is 2.58. The molecule has 0 N–H and O–H groups in total. The van der Waals surface area contributed by atoms with Gasteiger partial charge in [-0.1, -0.05) is 57.9 Å². The van der Waals surface area contributed by atoms with E-state index in [1.165, 1.54) is 48.2 Å². The maximum absolute atomic E-state index is 4.73. The van der Waals surface area contributed by atoms with E-state index in [9.17, 15) is 0 Å². The lowest BCUT2D eigenvalue weighted by Gasteiger charge is -2.38. The zero-order valence-corrected chi connectivity index (χ0v) is 16.2. The molecule has 2 saturated carbocycles. The summed E-state index contributed by atoms with van der Waals surface area (Å²) in [5.41, 5.74) is 5.30. The molecule has 1 aromatic rings. The van der Waals surface area contributed by atoms with Gasteiger partial charge in [-0.2, -0.15) is 10.2 Å². The van der Waals surface area contributed by atoms with Crippen molar-refractivity contribution < 1.29 is 0 Å². The molecular weight excluding hydrogens is 304 g/mol. The van der Waals surface area contributed by atoms with E-state index in [-0.39, 0.29) is 0 Å². The number of nitrogens with zero attached hydrogens (tertiary/aromatic N) is 2. The predicted molar refractivity (Wildman–Crippen MR) is 106 cm³/mol. The molecule has 2 nitrogen and oxygen atoms in total. The average Bonchev–Trinajstić information content (AvgIpc) is 3.15. The van der Waals surface area contributed by atoms with Gasteiger partial charge in [0.2, 0.25) is 0 Å². The fraction of sp³-hybridized carbons (Fsp3) is 0.652. The van der Waals surface area contributed by atoms with Crippen molar-refractivity contribution in [1.29, 1.82) is 0 Å². The van der Waals surface area contributed by atoms with E-state index in [1.54, 1.807) is 0 Å². The topological polar surface area (TPSA) is 24.7 Å². The van der Waals surface area contributed by atoms with E-state index in [0.717, 1.165) is 24.2 Å². The van der Waals surface area contributed by atoms with E-state index >= 15 is 0 Å². The van der Waals surface area contributed by atoms with Crippen LogP contribution < -0.4 is 0 Å². The lowest BCUT2D eigenvalue weighted by Crippen LogP contribution is -2.39. The largest absolute Gasteiger partial charge is 0.160 e. The smallest absolute Gasteiger partial charge is 0.0743 e. The van der Waals surface area contributed by atoms with E-state index in [1.807, 2.05) is 0 Å². The molecule has 5 unspecified atom stereocenters. The molecule has 25 heavy (non-hydrogen) atoms. The highest BCUT2D eigenvalue weighted by molar-refractivity contribution is 6.07. The highest BCUT2D eigenvalue weighted by atomic mass is 15.2. The molecule has 1 aromatic carbocycles. The minimum Gasteiger partial charge on any atom is -0.160 e. The van der Waals surface area contributed by atoms with Gasteiger partial charge in [-0.25, -0.2) is 0 Å². The van der Waals surface area contributed by atoms with Crippen LogP contribution in [0.15, 0.2) is 34.5 Å². The molecule has 5 atom stereocenters. The monoisotopic (exact) mass is 336 g/mol. The Labute approximate surface area is 152 Å². The van der Waals surface area contributed by atoms with Gasteiger partial charge in [-0.15, -0.1) is 0 Å². The Hall–Kier alpha value is -1.44. The SMILES string of the molecule is CCCC1CC2CC1C1C(c3ccc(CC(C)C)cc3)=NN=C(C)C21. The Balaban J connectivity index is 1.63. The van der Waals surface area contributed by atoms with Crippen molar-refractivity contribution in [2.75, 3.05) is 0 Å². The van der Waals surface area contributed by atoms with Crippen LogP contribution in [-0.4, -0.2) is 11.4 Å². The van der Waals surface area contributed by atoms with E-state index < -0.39 is 0 Å². The van der Waals surface area contributed by atoms with E-state index in [4.69, 9.17) is 5.10 Å². The number of rotatable bonds is 5. The van der Waals surface area contributed by atoms with Crippen LogP contribution in [0, 0.1) is 35.5 Å². The molecule has 1 heterocycles. The Morgan fingerprint density at radius 1 is 1.04 bits per heavy atom. The maximum Gasteiger partial charge on any atom is 0.0743 e. The van der Waals surface area contributed by atoms with Crippen LogP contribution in [0.3, 0.4) is 0 Å². The third-order valence-corrected chi connectivity index (χ3v) is 6.81. The van der Waals surface area contributed by atoms with Crippen LogP contribution in [-0.2, 0) is 6.42 Å². The van der Waals surface area contributed by atoms with Crippen LogP contribution in [0.5, 0.6) is 0 Å². The number of hydrogen-bond acceptors (Lipinski definition) is 2. The summed E-state index contributed by atoms with van der Waals surface area (Å²) < 4.78 is 0. The highest BCUT2D eigenvalue weighted by Gasteiger charge is 2.55. The van der Waals surface area contributed by atoms with Crippen molar-refractivity contribution >= 4 is 11.4 Å². The van der Waals surface area contributed by atoms with Crippen LogP contribution in [0.25, 0.3) is 0 Å². The summed E-state index contributed by atoms with van der Waals surface area (Å²) in [7, 11) is 0. The third kappa shape index (κ3) is 2.98. The second-order valence-corrected chi connectivity index (χ2v) is 9.02. The average molecular weight is 337 g/mol. The van der Waals surface area contributed by atoms with Gasteiger partial charge < -0.3 is 0 Å². The molecule has 2 fully saturated rings. The quantitative estimate of drug-likeness (QED) is 0.654. The summed E-state index contributed by atoms with van der Waals surface area (Å²) in [6.45, 7) is 9.10. The maximum atomic E-state index is 4.73. The van der Waals surface area contributed by atoms with Gasteiger partial charge in [0, 0.05) is 17.5 Å². The van der Waals surface area contributed by atoms with Crippen LogP contribution in [0.4, 0.5) is 0 Å². The minimum atomic E-state index is 0.615. The number of hydrogen-bond donors (Lipinski definition) is 0. The molecule has 0 saturated heterocycles. The van der Waals surface area contributed by atoms with Gasteiger partial charge in [0.05, 0.1) is 5.71 Å². The molecular formula is C23H32N2. The van der Waals surface area contributed by atoms with Crippen LogP contribution >= 0.6 is 0 Å². The van der Waals surface area contributed by atoms with Crippen molar-refractivity contribution in [3.05, 3.63) is 35.4 Å². The molecule has 2 heteroatoms. The Kier molecular flexibility index (Phi) is 4.56. The third-order valence-electron chi connectivity index (χ3n) is 6.81. The van der Waals surface area contributed by atoms with E-state index in [2.05, 4.69) is 57.1 Å². The molecule has 0 spiro atoms. The number of benzene rings is 1. The van der Waals surface area contributed by atoms with Crippen LogP contribution in [0.1, 0.15) is 64.5 Å². The van der Waals surface area contributed by atoms with Crippen molar-refractivity contribution in [3.8, 4) is 0 Å². The molecule has 4 rings (SSSR count). The van der Waals surface area contributed by atoms with Crippen molar-refractivity contribution in [2.24, 2.45) is 45.7 Å². The second-order valence-electron chi connectivity index (χ2n) is 9.02. The molecule has 0 amide bonds. The summed E-state index contributed by atoms with van der Waals surface area (Å²) in [4.78, 5) is 0. The fourth-order valence-corrected chi connectivity index (χ4v) is 5.97. The van der Waals surface area contributed by atoms with Gasteiger partial charge in [-0.3, -0.25) is 0 Å². The van der Waals surface area contributed by atoms with Gasteiger partial charge >= 0.3 is 0 Å². The zero-order valence-electron chi connectivity index (χ0n) is 16.2. The predicted octanol–water partition coefficient (Wildman–Crippen LogP) is 5.75. The van der Waals surface area contributed by atoms with Crippen molar-refractivity contribution in [2.45, 2.75) is 59.8 Å². The minimum absolute atomic E-state index is 0.615. The summed E-state index contributed by atoms with van der Waals surface area (Å²) in [6.07, 6.45) is 6.68. The lowest BCUT2D eigenvalue weighted by molar-refractivity contribution is 0.240. The fourth-order valence-electron chi connectivity index (χ4n) is 5.97. The first-order chi connectivity index (χ1) is 12.1. The molecule has 2 bridgehead atoms. The summed E-state index contributed by atoms with van der Waals surface area (Å²) in [6, 6.07) is 9.19. The molecule has 0 aromatic heterocycles. The molecule has 0 radical (unpaired) electrons. The van der Waals surface area contributed by atoms with Gasteiger partial charge in [0.15, 0.2) is 0 Å². The van der Waals surface area contributed by atoms with Crippen molar-refractivity contribution in [3.63, 3.8) is 0 Å². The molecule has 134 valence electrons. The molecule has 1 aliphatic heterocycles. The summed E-state index contributed by atoms with van der Waals surface area (Å²) >= 11 is 0. The van der Waals surface area contributed by atoms with Crippen molar-refractivity contribution in [1.82, 2.24) is 0 Å². The van der Waals surface area contributed by atoms with Crippen LogP contribution in [0.2, 0.25) is 0 Å². The van der Waals surface area contributed by atoms with Gasteiger partial charge in [0.25, 0.3) is 0 Å². The normalized spacial score (nSPS) is 33.4. The Bertz CT molecular complexity index is 683. The Morgan fingerprint density at radius 3 is 2.48 bits per heavy atom. The molecule has 2 aliphatic carbocycles. The molecule has 3 aliphatic rings. The van der Waals surface area contributed by atoms with E-state index in [0.29, 0.717) is 17.8 Å².